The highest BCUT2D eigenvalue weighted by Gasteiger charge is 2.31. The first-order chi connectivity index (χ1) is 5.78. The molecule has 0 aliphatic rings. The molecule has 0 radical (unpaired) electrons. The third-order valence-electron chi connectivity index (χ3n) is 2.55. The van der Waals surface area contributed by atoms with Crippen molar-refractivity contribution in [2.24, 2.45) is 22.8 Å². The van der Waals surface area contributed by atoms with Gasteiger partial charge in [-0.05, 0) is 11.3 Å². The topological polar surface area (TPSA) is 86.2 Å². The Bertz CT molecular complexity index is 196. The number of carbonyl (C=O) groups excluding carboxylic acids is 2. The SMILES string of the molecule is CC(C)C(C)(CC(N)=O)CC(N)=O. The van der Waals surface area contributed by atoms with Crippen LogP contribution in [0.1, 0.15) is 33.6 Å². The molecule has 0 aromatic carbocycles. The summed E-state index contributed by atoms with van der Waals surface area (Å²) in [6.07, 6.45) is 0.404. The maximum atomic E-state index is 10.8. The molecule has 0 spiro atoms. The van der Waals surface area contributed by atoms with Crippen LogP contribution in [0, 0.1) is 11.3 Å². The molecule has 2 amide bonds. The predicted octanol–water partition coefficient (Wildman–Crippen LogP) is 0.399. The molecule has 4 N–H and O–H groups in total. The molecule has 4 heteroatoms. The van der Waals surface area contributed by atoms with E-state index in [1.165, 1.54) is 0 Å². The second-order valence-electron chi connectivity index (χ2n) is 4.09. The maximum Gasteiger partial charge on any atom is 0.217 e. The van der Waals surface area contributed by atoms with Crippen molar-refractivity contribution >= 4 is 11.8 Å². The minimum atomic E-state index is -0.405. The third-order valence-corrected chi connectivity index (χ3v) is 2.55. The summed E-state index contributed by atoms with van der Waals surface area (Å²) in [5, 5.41) is 0. The Morgan fingerprint density at radius 2 is 1.46 bits per heavy atom. The molecule has 0 saturated carbocycles. The zero-order valence-corrected chi connectivity index (χ0v) is 8.46. The van der Waals surface area contributed by atoms with Crippen molar-refractivity contribution in [3.8, 4) is 0 Å². The molecule has 0 unspecified atom stereocenters. The lowest BCUT2D eigenvalue weighted by molar-refractivity contribution is -0.124. The predicted molar refractivity (Wildman–Crippen MR) is 50.6 cm³/mol. The largest absolute Gasteiger partial charge is 0.370 e. The molecular weight excluding hydrogens is 168 g/mol. The molecule has 0 bridgehead atoms. The number of amides is 2. The fourth-order valence-corrected chi connectivity index (χ4v) is 1.27. The molecule has 0 fully saturated rings. The molecule has 0 saturated heterocycles. The Hall–Kier alpha value is -1.06. The highest BCUT2D eigenvalue weighted by molar-refractivity contribution is 5.78. The van der Waals surface area contributed by atoms with Crippen LogP contribution in [0.4, 0.5) is 0 Å². The second-order valence-corrected chi connectivity index (χ2v) is 4.09. The Morgan fingerprint density at radius 3 is 1.62 bits per heavy atom. The zero-order valence-electron chi connectivity index (χ0n) is 8.46. The molecule has 0 rings (SSSR count). The van der Waals surface area contributed by atoms with E-state index < -0.39 is 17.2 Å². The van der Waals surface area contributed by atoms with Gasteiger partial charge in [0, 0.05) is 12.8 Å². The van der Waals surface area contributed by atoms with E-state index in [-0.39, 0.29) is 18.8 Å². The third kappa shape index (κ3) is 3.92. The lowest BCUT2D eigenvalue weighted by atomic mass is 9.73. The van der Waals surface area contributed by atoms with E-state index >= 15 is 0 Å². The molecule has 0 aromatic heterocycles. The van der Waals surface area contributed by atoms with E-state index in [0.29, 0.717) is 0 Å². The van der Waals surface area contributed by atoms with Crippen LogP contribution in [0.25, 0.3) is 0 Å². The highest BCUT2D eigenvalue weighted by Crippen LogP contribution is 2.34. The zero-order chi connectivity index (χ0) is 10.6. The monoisotopic (exact) mass is 186 g/mol. The molecule has 0 aliphatic carbocycles. The van der Waals surface area contributed by atoms with E-state index in [2.05, 4.69) is 0 Å². The quantitative estimate of drug-likeness (QED) is 0.651. The average molecular weight is 186 g/mol. The summed E-state index contributed by atoms with van der Waals surface area (Å²) in [6, 6.07) is 0. The molecule has 4 nitrogen and oxygen atoms in total. The van der Waals surface area contributed by atoms with E-state index in [4.69, 9.17) is 11.5 Å². The van der Waals surface area contributed by atoms with Gasteiger partial charge in [0.2, 0.25) is 11.8 Å². The number of primary amides is 2. The molecule has 76 valence electrons. The molecular formula is C9H18N2O2. The first kappa shape index (κ1) is 11.9. The first-order valence-corrected chi connectivity index (χ1v) is 4.34. The van der Waals surface area contributed by atoms with Crippen LogP contribution in [0.5, 0.6) is 0 Å². The van der Waals surface area contributed by atoms with Gasteiger partial charge in [0.05, 0.1) is 0 Å². The summed E-state index contributed by atoms with van der Waals surface area (Å²) < 4.78 is 0. The van der Waals surface area contributed by atoms with Crippen molar-refractivity contribution in [1.29, 1.82) is 0 Å². The fourth-order valence-electron chi connectivity index (χ4n) is 1.27. The van der Waals surface area contributed by atoms with Gasteiger partial charge < -0.3 is 11.5 Å². The minimum Gasteiger partial charge on any atom is -0.370 e. The molecule has 13 heavy (non-hydrogen) atoms. The van der Waals surface area contributed by atoms with Crippen LogP contribution in [0.3, 0.4) is 0 Å². The number of hydrogen-bond acceptors (Lipinski definition) is 2. The van der Waals surface area contributed by atoms with Crippen molar-refractivity contribution < 1.29 is 9.59 Å². The Kier molecular flexibility index (Phi) is 3.91. The van der Waals surface area contributed by atoms with E-state index in [0.717, 1.165) is 0 Å². The van der Waals surface area contributed by atoms with Gasteiger partial charge in [-0.1, -0.05) is 20.8 Å². The van der Waals surface area contributed by atoms with Crippen LogP contribution in [-0.2, 0) is 9.59 Å². The van der Waals surface area contributed by atoms with Crippen molar-refractivity contribution in [2.75, 3.05) is 0 Å². The molecule has 0 aliphatic heterocycles. The lowest BCUT2D eigenvalue weighted by Gasteiger charge is -2.31. The van der Waals surface area contributed by atoms with E-state index in [9.17, 15) is 9.59 Å². The number of hydrogen-bond donors (Lipinski definition) is 2. The first-order valence-electron chi connectivity index (χ1n) is 4.34. The van der Waals surface area contributed by atoms with Gasteiger partial charge in [0.1, 0.15) is 0 Å². The highest BCUT2D eigenvalue weighted by atomic mass is 16.1. The Labute approximate surface area is 78.7 Å². The summed E-state index contributed by atoms with van der Waals surface area (Å²) in [5.41, 5.74) is 9.80. The van der Waals surface area contributed by atoms with E-state index in [1.807, 2.05) is 20.8 Å². The molecule has 0 atom stereocenters. The summed E-state index contributed by atoms with van der Waals surface area (Å²) in [6.45, 7) is 5.75. The number of carbonyl (C=O) groups is 2. The van der Waals surface area contributed by atoms with Crippen molar-refractivity contribution in [2.45, 2.75) is 33.6 Å². The second kappa shape index (κ2) is 4.25. The van der Waals surface area contributed by atoms with Crippen molar-refractivity contribution in [3.63, 3.8) is 0 Å². The van der Waals surface area contributed by atoms with Gasteiger partial charge in [-0.2, -0.15) is 0 Å². The standard InChI is InChI=1S/C9H18N2O2/c1-6(2)9(3,4-7(10)12)5-8(11)13/h6H,4-5H2,1-3H3,(H2,10,12)(H2,11,13). The van der Waals surface area contributed by atoms with Gasteiger partial charge >= 0.3 is 0 Å². The van der Waals surface area contributed by atoms with Crippen molar-refractivity contribution in [3.05, 3.63) is 0 Å². The number of nitrogens with two attached hydrogens (primary N) is 2. The van der Waals surface area contributed by atoms with Crippen LogP contribution in [-0.4, -0.2) is 11.8 Å². The maximum absolute atomic E-state index is 10.8. The van der Waals surface area contributed by atoms with Gasteiger partial charge in [-0.25, -0.2) is 0 Å². The smallest absolute Gasteiger partial charge is 0.217 e. The summed E-state index contributed by atoms with van der Waals surface area (Å²) in [5.74, 6) is -0.581. The Balaban J connectivity index is 4.52. The summed E-state index contributed by atoms with van der Waals surface area (Å²) in [4.78, 5) is 21.5. The van der Waals surface area contributed by atoms with Gasteiger partial charge in [0.25, 0.3) is 0 Å². The average Bonchev–Trinajstić information content (AvgIpc) is 1.82. The van der Waals surface area contributed by atoms with Crippen LogP contribution < -0.4 is 11.5 Å². The molecule has 0 heterocycles. The summed E-state index contributed by atoms with van der Waals surface area (Å²) >= 11 is 0. The normalized spacial score (nSPS) is 11.7. The van der Waals surface area contributed by atoms with Crippen LogP contribution in [0.2, 0.25) is 0 Å². The lowest BCUT2D eigenvalue weighted by Crippen LogP contribution is -2.34. The summed E-state index contributed by atoms with van der Waals surface area (Å²) in [7, 11) is 0. The fraction of sp³-hybridized carbons (Fsp3) is 0.778. The number of rotatable bonds is 5. The van der Waals surface area contributed by atoms with Gasteiger partial charge in [-0.15, -0.1) is 0 Å². The van der Waals surface area contributed by atoms with Gasteiger partial charge in [-0.3, -0.25) is 9.59 Å². The van der Waals surface area contributed by atoms with Crippen LogP contribution >= 0.6 is 0 Å². The van der Waals surface area contributed by atoms with Crippen molar-refractivity contribution in [1.82, 2.24) is 0 Å². The molecule has 0 aromatic rings. The Morgan fingerprint density at radius 1 is 1.15 bits per heavy atom. The van der Waals surface area contributed by atoms with Crippen LogP contribution in [0.15, 0.2) is 0 Å². The van der Waals surface area contributed by atoms with Gasteiger partial charge in [0.15, 0.2) is 0 Å². The minimum absolute atomic E-state index is 0.201. The van der Waals surface area contributed by atoms with E-state index in [1.54, 1.807) is 0 Å².